The molecule has 1 aromatic heterocycles. The summed E-state index contributed by atoms with van der Waals surface area (Å²) in [6, 6.07) is 6.58. The summed E-state index contributed by atoms with van der Waals surface area (Å²) < 4.78 is 0.748. The molecule has 1 saturated carbocycles. The average Bonchev–Trinajstić information content (AvgIpc) is 3.56. The minimum absolute atomic E-state index is 0.162. The Morgan fingerprint density at radius 2 is 1.59 bits per heavy atom. The molecule has 5 N–H and O–H groups in total. The Hall–Kier alpha value is -3.82. The van der Waals surface area contributed by atoms with Crippen molar-refractivity contribution in [3.05, 3.63) is 51.3 Å². The van der Waals surface area contributed by atoms with E-state index in [1.165, 1.54) is 0 Å². The van der Waals surface area contributed by atoms with Crippen molar-refractivity contribution in [2.24, 2.45) is 5.92 Å². The maximum atomic E-state index is 13.2. The second kappa shape index (κ2) is 9.58. The van der Waals surface area contributed by atoms with Crippen molar-refractivity contribution in [2.45, 2.75) is 45.4 Å². The largest absolute Gasteiger partial charge is 0.506 e. The number of carboxylic acid groups (broad SMARTS) is 1. The van der Waals surface area contributed by atoms with E-state index < -0.39 is 52.6 Å². The van der Waals surface area contributed by atoms with Gasteiger partial charge in [0.15, 0.2) is 5.75 Å². The third kappa shape index (κ3) is 5.38. The summed E-state index contributed by atoms with van der Waals surface area (Å²) in [5.41, 5.74) is -1.58. The van der Waals surface area contributed by atoms with Crippen LogP contribution in [0.15, 0.2) is 29.1 Å². The number of hydrogen-bond acceptors (Lipinski definition) is 6. The lowest BCUT2D eigenvalue weighted by atomic mass is 9.87. The van der Waals surface area contributed by atoms with Crippen LogP contribution in [0.3, 0.4) is 0 Å². The maximum absolute atomic E-state index is 13.2. The number of carbonyl (C=O) groups excluding carboxylic acids is 2. The highest BCUT2D eigenvalue weighted by Gasteiger charge is 2.31. The van der Waals surface area contributed by atoms with E-state index in [1.54, 1.807) is 24.3 Å². The Labute approximate surface area is 196 Å². The minimum Gasteiger partial charge on any atom is -0.506 e. The van der Waals surface area contributed by atoms with E-state index in [1.807, 2.05) is 26.1 Å². The summed E-state index contributed by atoms with van der Waals surface area (Å²) in [5, 5.41) is 34.9. The smallest absolute Gasteiger partial charge is 0.322 e. The summed E-state index contributed by atoms with van der Waals surface area (Å²) in [5.74, 6) is -4.80. The van der Waals surface area contributed by atoms with Gasteiger partial charge in [-0.25, -0.2) is 4.57 Å². The molecule has 1 heterocycles. The molecule has 0 aliphatic heterocycles. The fraction of sp³-hybridized carbons (Fsp3) is 0.417. The summed E-state index contributed by atoms with van der Waals surface area (Å²) in [4.78, 5) is 49.5. The van der Waals surface area contributed by atoms with Crippen molar-refractivity contribution in [2.75, 3.05) is 13.1 Å². The summed E-state index contributed by atoms with van der Waals surface area (Å²) in [6.45, 7) is 5.49. The van der Waals surface area contributed by atoms with Crippen LogP contribution in [0.2, 0.25) is 0 Å². The van der Waals surface area contributed by atoms with E-state index in [4.69, 9.17) is 5.11 Å². The van der Waals surface area contributed by atoms with Crippen molar-refractivity contribution in [3.63, 3.8) is 0 Å². The number of aliphatic carboxylic acids is 1. The van der Waals surface area contributed by atoms with Gasteiger partial charge in [0.1, 0.15) is 17.7 Å². The molecule has 10 nitrogen and oxygen atoms in total. The summed E-state index contributed by atoms with van der Waals surface area (Å²) in [6.07, 6.45) is 2.87. The lowest BCUT2D eigenvalue weighted by Gasteiger charge is -2.20. The zero-order valence-corrected chi connectivity index (χ0v) is 19.3. The van der Waals surface area contributed by atoms with Crippen molar-refractivity contribution >= 4 is 17.8 Å². The molecular formula is C24H29N3O7. The molecule has 182 valence electrons. The number of pyridine rings is 1. The number of benzene rings is 1. The molecule has 1 aromatic carbocycles. The van der Waals surface area contributed by atoms with Crippen LogP contribution in [-0.4, -0.2) is 50.8 Å². The van der Waals surface area contributed by atoms with Crippen LogP contribution in [-0.2, 0) is 10.2 Å². The molecule has 10 heteroatoms. The van der Waals surface area contributed by atoms with E-state index in [-0.39, 0.29) is 17.6 Å². The predicted molar refractivity (Wildman–Crippen MR) is 124 cm³/mol. The summed E-state index contributed by atoms with van der Waals surface area (Å²) >= 11 is 0. The van der Waals surface area contributed by atoms with Crippen molar-refractivity contribution < 1.29 is 29.7 Å². The highest BCUT2D eigenvalue weighted by molar-refractivity contribution is 6.05. The van der Waals surface area contributed by atoms with Gasteiger partial charge < -0.3 is 26.0 Å². The van der Waals surface area contributed by atoms with Gasteiger partial charge in [0.2, 0.25) is 5.88 Å². The molecule has 2 amide bonds. The Morgan fingerprint density at radius 1 is 1.00 bits per heavy atom. The van der Waals surface area contributed by atoms with Crippen LogP contribution in [0.1, 0.15) is 66.3 Å². The topological polar surface area (TPSA) is 158 Å². The normalized spacial score (nSPS) is 13.4. The first-order chi connectivity index (χ1) is 15.9. The monoisotopic (exact) mass is 471 g/mol. The average molecular weight is 472 g/mol. The van der Waals surface area contributed by atoms with Gasteiger partial charge in [0, 0.05) is 6.54 Å². The van der Waals surface area contributed by atoms with E-state index in [2.05, 4.69) is 5.32 Å². The van der Waals surface area contributed by atoms with Gasteiger partial charge in [-0.15, -0.1) is 0 Å². The minimum atomic E-state index is -1.35. The molecule has 1 aliphatic rings. The van der Waals surface area contributed by atoms with E-state index >= 15 is 0 Å². The second-order valence-corrected chi connectivity index (χ2v) is 9.42. The number of amides is 2. The quantitative estimate of drug-likeness (QED) is 0.393. The first kappa shape index (κ1) is 24.8. The second-order valence-electron chi connectivity index (χ2n) is 9.42. The molecule has 1 aliphatic carbocycles. The Bertz CT molecular complexity index is 1170. The number of carbonyl (C=O) groups is 3. The standard InChI is InChI=1S/C24H29N3O7/c1-24(2,3)14-6-8-15(9-7-14)27-22(33)17(20(31)25-11-10-13-4-5-13)19(30)18(23(27)34)21(32)26-12-16(28)29/h6-9,13,30,34H,4-5,10-12H2,1-3H3,(H,25,31)(H,26,32)(H,28,29). The van der Waals surface area contributed by atoms with Crippen LogP contribution in [0.4, 0.5) is 0 Å². The Balaban J connectivity index is 2.11. The molecule has 1 fully saturated rings. The Kier molecular flexibility index (Phi) is 6.99. The fourth-order valence-electron chi connectivity index (χ4n) is 3.54. The molecule has 0 atom stereocenters. The van der Waals surface area contributed by atoms with Crippen LogP contribution in [0, 0.1) is 5.92 Å². The zero-order chi connectivity index (χ0) is 25.2. The first-order valence-electron chi connectivity index (χ1n) is 11.0. The molecule has 0 spiro atoms. The molecule has 34 heavy (non-hydrogen) atoms. The molecule has 0 radical (unpaired) electrons. The molecule has 2 aromatic rings. The highest BCUT2D eigenvalue weighted by Crippen LogP contribution is 2.33. The lowest BCUT2D eigenvalue weighted by molar-refractivity contribution is -0.135. The van der Waals surface area contributed by atoms with Gasteiger partial charge in [-0.05, 0) is 35.4 Å². The van der Waals surface area contributed by atoms with E-state index in [9.17, 15) is 29.4 Å². The van der Waals surface area contributed by atoms with E-state index in [0.717, 1.165) is 29.4 Å². The SMILES string of the molecule is CC(C)(C)c1ccc(-n2c(O)c(C(=O)NCC(=O)O)c(O)c(C(=O)NCCC3CC3)c2=O)cc1. The number of rotatable bonds is 8. The third-order valence-corrected chi connectivity index (χ3v) is 5.71. The number of hydrogen-bond donors (Lipinski definition) is 5. The molecule has 0 bridgehead atoms. The third-order valence-electron chi connectivity index (χ3n) is 5.71. The fourth-order valence-corrected chi connectivity index (χ4v) is 3.54. The number of aromatic hydroxyl groups is 2. The van der Waals surface area contributed by atoms with Crippen molar-refractivity contribution in [1.29, 1.82) is 0 Å². The molecule has 3 rings (SSSR count). The molecular weight excluding hydrogens is 442 g/mol. The van der Waals surface area contributed by atoms with Gasteiger partial charge in [-0.2, -0.15) is 0 Å². The summed E-state index contributed by atoms with van der Waals surface area (Å²) in [7, 11) is 0. The molecule has 0 unspecified atom stereocenters. The van der Waals surface area contributed by atoms with Gasteiger partial charge >= 0.3 is 5.97 Å². The molecule has 0 saturated heterocycles. The van der Waals surface area contributed by atoms with Gasteiger partial charge in [0.25, 0.3) is 17.4 Å². The van der Waals surface area contributed by atoms with Crippen LogP contribution < -0.4 is 16.2 Å². The zero-order valence-electron chi connectivity index (χ0n) is 19.3. The number of aromatic nitrogens is 1. The number of nitrogens with zero attached hydrogens (tertiary/aromatic N) is 1. The first-order valence-corrected chi connectivity index (χ1v) is 11.0. The number of carboxylic acids is 1. The van der Waals surface area contributed by atoms with Crippen LogP contribution in [0.25, 0.3) is 5.69 Å². The maximum Gasteiger partial charge on any atom is 0.322 e. The van der Waals surface area contributed by atoms with Crippen LogP contribution >= 0.6 is 0 Å². The lowest BCUT2D eigenvalue weighted by Crippen LogP contribution is -2.36. The number of nitrogens with one attached hydrogen (secondary N) is 2. The van der Waals surface area contributed by atoms with Gasteiger partial charge in [0.05, 0.1) is 5.69 Å². The van der Waals surface area contributed by atoms with E-state index in [0.29, 0.717) is 5.92 Å². The predicted octanol–water partition coefficient (Wildman–Crippen LogP) is 1.89. The van der Waals surface area contributed by atoms with Gasteiger partial charge in [-0.1, -0.05) is 45.7 Å². The Morgan fingerprint density at radius 3 is 2.12 bits per heavy atom. The van der Waals surface area contributed by atoms with Gasteiger partial charge in [-0.3, -0.25) is 19.2 Å². The van der Waals surface area contributed by atoms with Crippen molar-refractivity contribution in [1.82, 2.24) is 15.2 Å². The van der Waals surface area contributed by atoms with Crippen LogP contribution in [0.5, 0.6) is 11.6 Å². The highest BCUT2D eigenvalue weighted by atomic mass is 16.4. The van der Waals surface area contributed by atoms with Crippen molar-refractivity contribution in [3.8, 4) is 17.3 Å².